The normalized spacial score (nSPS) is 21.3. The second-order valence-electron chi connectivity index (χ2n) is 5.86. The Morgan fingerprint density at radius 3 is 2.50 bits per heavy atom. The molecule has 0 aromatic heterocycles. The Morgan fingerprint density at radius 2 is 1.94 bits per heavy atom. The number of aliphatic carboxylic acids is 1. The van der Waals surface area contributed by atoms with Gasteiger partial charge in [0.05, 0.1) is 0 Å². The van der Waals surface area contributed by atoms with Crippen LogP contribution in [0.2, 0.25) is 0 Å². The van der Waals surface area contributed by atoms with Gasteiger partial charge in [-0.1, -0.05) is 0 Å². The van der Waals surface area contributed by atoms with E-state index in [1.165, 1.54) is 0 Å². The molecule has 104 valence electrons. The van der Waals surface area contributed by atoms with Gasteiger partial charge in [0.25, 0.3) is 0 Å². The second kappa shape index (κ2) is 6.07. The maximum absolute atomic E-state index is 11.9. The summed E-state index contributed by atoms with van der Waals surface area (Å²) in [7, 11) is 0. The highest BCUT2D eigenvalue weighted by molar-refractivity contribution is 5.68. The molecule has 1 fully saturated rings. The van der Waals surface area contributed by atoms with E-state index in [9.17, 15) is 9.59 Å². The number of nitrogens with zero attached hydrogens (tertiary/aromatic N) is 1. The number of carbonyl (C=O) groups excluding carboxylic acids is 1. The summed E-state index contributed by atoms with van der Waals surface area (Å²) in [5, 5.41) is 8.78. The SMILES string of the molecule is CC(C)(C)OC(=O)N1CCCC(CC(=O)O)CC1. The van der Waals surface area contributed by atoms with Crippen molar-refractivity contribution in [2.45, 2.75) is 52.1 Å². The van der Waals surface area contributed by atoms with Crippen LogP contribution in [0.1, 0.15) is 46.5 Å². The predicted octanol–water partition coefficient (Wildman–Crippen LogP) is 2.50. The summed E-state index contributed by atoms with van der Waals surface area (Å²) >= 11 is 0. The Morgan fingerprint density at radius 1 is 1.28 bits per heavy atom. The molecule has 0 aromatic carbocycles. The second-order valence-corrected chi connectivity index (χ2v) is 5.86. The lowest BCUT2D eigenvalue weighted by Gasteiger charge is -2.26. The quantitative estimate of drug-likeness (QED) is 0.825. The average Bonchev–Trinajstić information content (AvgIpc) is 2.39. The van der Waals surface area contributed by atoms with Crippen molar-refractivity contribution in [1.82, 2.24) is 4.90 Å². The van der Waals surface area contributed by atoms with Gasteiger partial charge in [-0.25, -0.2) is 4.79 Å². The van der Waals surface area contributed by atoms with Crippen LogP contribution in [-0.2, 0) is 9.53 Å². The first kappa shape index (κ1) is 14.8. The van der Waals surface area contributed by atoms with E-state index in [-0.39, 0.29) is 18.4 Å². The minimum Gasteiger partial charge on any atom is -0.481 e. The van der Waals surface area contributed by atoms with Crippen molar-refractivity contribution in [1.29, 1.82) is 0 Å². The van der Waals surface area contributed by atoms with E-state index in [1.807, 2.05) is 20.8 Å². The summed E-state index contributed by atoms with van der Waals surface area (Å²) in [6.07, 6.45) is 2.36. The molecule has 0 spiro atoms. The lowest BCUT2D eigenvalue weighted by atomic mass is 9.97. The molecule has 0 aliphatic carbocycles. The van der Waals surface area contributed by atoms with Crippen LogP contribution in [-0.4, -0.2) is 40.8 Å². The molecule has 0 aromatic rings. The van der Waals surface area contributed by atoms with Crippen LogP contribution < -0.4 is 0 Å². The van der Waals surface area contributed by atoms with Crippen molar-refractivity contribution in [3.63, 3.8) is 0 Å². The number of carboxylic acids is 1. The number of hydrogen-bond acceptors (Lipinski definition) is 3. The van der Waals surface area contributed by atoms with Gasteiger partial charge >= 0.3 is 12.1 Å². The first-order valence-corrected chi connectivity index (χ1v) is 6.47. The fourth-order valence-corrected chi connectivity index (χ4v) is 2.13. The zero-order valence-electron chi connectivity index (χ0n) is 11.4. The molecule has 1 amide bonds. The van der Waals surface area contributed by atoms with Crippen LogP contribution in [0.3, 0.4) is 0 Å². The molecule has 1 unspecified atom stereocenters. The number of carbonyl (C=O) groups is 2. The number of carboxylic acid groups (broad SMARTS) is 1. The molecule has 5 heteroatoms. The van der Waals surface area contributed by atoms with Gasteiger partial charge in [0, 0.05) is 19.5 Å². The lowest BCUT2D eigenvalue weighted by Crippen LogP contribution is -2.37. The number of ether oxygens (including phenoxy) is 1. The summed E-state index contributed by atoms with van der Waals surface area (Å²) in [6, 6.07) is 0. The Kier molecular flexibility index (Phi) is 4.99. The Balaban J connectivity index is 2.46. The summed E-state index contributed by atoms with van der Waals surface area (Å²) in [6.45, 7) is 6.78. The molecular weight excluding hydrogens is 234 g/mol. The molecular formula is C13H23NO4. The van der Waals surface area contributed by atoms with E-state index in [4.69, 9.17) is 9.84 Å². The summed E-state index contributed by atoms with van der Waals surface area (Å²) in [5.74, 6) is -0.583. The van der Waals surface area contributed by atoms with Crippen LogP contribution in [0.4, 0.5) is 4.79 Å². The van der Waals surface area contributed by atoms with E-state index >= 15 is 0 Å². The van der Waals surface area contributed by atoms with E-state index in [0.29, 0.717) is 13.1 Å². The van der Waals surface area contributed by atoms with Crippen LogP contribution in [0.25, 0.3) is 0 Å². The van der Waals surface area contributed by atoms with Gasteiger partial charge in [-0.2, -0.15) is 0 Å². The van der Waals surface area contributed by atoms with Crippen LogP contribution in [0.5, 0.6) is 0 Å². The summed E-state index contributed by atoms with van der Waals surface area (Å²) in [5.41, 5.74) is -0.482. The molecule has 1 saturated heterocycles. The third kappa shape index (κ3) is 5.38. The van der Waals surface area contributed by atoms with E-state index in [0.717, 1.165) is 19.3 Å². The number of rotatable bonds is 2. The molecule has 1 aliphatic heterocycles. The molecule has 1 N–H and O–H groups in total. The summed E-state index contributed by atoms with van der Waals surface area (Å²) in [4.78, 5) is 24.2. The third-order valence-electron chi connectivity index (χ3n) is 2.96. The van der Waals surface area contributed by atoms with E-state index < -0.39 is 11.6 Å². The van der Waals surface area contributed by atoms with Gasteiger partial charge in [0.15, 0.2) is 0 Å². The molecule has 1 aliphatic rings. The zero-order chi connectivity index (χ0) is 13.8. The third-order valence-corrected chi connectivity index (χ3v) is 2.96. The first-order chi connectivity index (χ1) is 8.28. The van der Waals surface area contributed by atoms with Gasteiger partial charge in [-0.15, -0.1) is 0 Å². The van der Waals surface area contributed by atoms with Crippen molar-refractivity contribution in [3.8, 4) is 0 Å². The van der Waals surface area contributed by atoms with Crippen molar-refractivity contribution in [2.24, 2.45) is 5.92 Å². The Labute approximate surface area is 108 Å². The highest BCUT2D eigenvalue weighted by Crippen LogP contribution is 2.22. The fourth-order valence-electron chi connectivity index (χ4n) is 2.13. The number of hydrogen-bond donors (Lipinski definition) is 1. The molecule has 1 rings (SSSR count). The van der Waals surface area contributed by atoms with Crippen LogP contribution in [0.15, 0.2) is 0 Å². The summed E-state index contributed by atoms with van der Waals surface area (Å²) < 4.78 is 5.32. The lowest BCUT2D eigenvalue weighted by molar-refractivity contribution is -0.138. The zero-order valence-corrected chi connectivity index (χ0v) is 11.4. The Bertz CT molecular complexity index is 309. The van der Waals surface area contributed by atoms with Crippen LogP contribution >= 0.6 is 0 Å². The number of likely N-dealkylation sites (tertiary alicyclic amines) is 1. The predicted molar refractivity (Wildman–Crippen MR) is 67.4 cm³/mol. The van der Waals surface area contributed by atoms with Gasteiger partial charge in [-0.05, 0) is 46.0 Å². The minimum atomic E-state index is -0.759. The van der Waals surface area contributed by atoms with Gasteiger partial charge in [0.1, 0.15) is 5.60 Å². The first-order valence-electron chi connectivity index (χ1n) is 6.47. The minimum absolute atomic E-state index is 0.176. The maximum atomic E-state index is 11.9. The average molecular weight is 257 g/mol. The number of amides is 1. The van der Waals surface area contributed by atoms with Crippen LogP contribution in [0, 0.1) is 5.92 Å². The largest absolute Gasteiger partial charge is 0.481 e. The van der Waals surface area contributed by atoms with Gasteiger partial charge in [0.2, 0.25) is 0 Å². The Hall–Kier alpha value is -1.26. The molecule has 0 radical (unpaired) electrons. The van der Waals surface area contributed by atoms with E-state index in [1.54, 1.807) is 4.90 Å². The van der Waals surface area contributed by atoms with Crippen molar-refractivity contribution >= 4 is 12.1 Å². The molecule has 5 nitrogen and oxygen atoms in total. The van der Waals surface area contributed by atoms with Crippen molar-refractivity contribution < 1.29 is 19.4 Å². The fraction of sp³-hybridized carbons (Fsp3) is 0.846. The molecule has 18 heavy (non-hydrogen) atoms. The molecule has 0 saturated carbocycles. The molecule has 1 atom stereocenters. The van der Waals surface area contributed by atoms with Crippen molar-refractivity contribution in [2.75, 3.05) is 13.1 Å². The molecule has 0 bridgehead atoms. The van der Waals surface area contributed by atoms with Crippen molar-refractivity contribution in [3.05, 3.63) is 0 Å². The highest BCUT2D eigenvalue weighted by Gasteiger charge is 2.25. The topological polar surface area (TPSA) is 66.8 Å². The highest BCUT2D eigenvalue weighted by atomic mass is 16.6. The van der Waals surface area contributed by atoms with E-state index in [2.05, 4.69) is 0 Å². The molecule has 1 heterocycles. The standard InChI is InChI=1S/C13H23NO4/c1-13(2,3)18-12(17)14-7-4-5-10(6-8-14)9-11(15)16/h10H,4-9H2,1-3H3,(H,15,16). The maximum Gasteiger partial charge on any atom is 0.410 e. The van der Waals surface area contributed by atoms with Gasteiger partial charge < -0.3 is 14.7 Å². The van der Waals surface area contributed by atoms with Gasteiger partial charge in [-0.3, -0.25) is 4.79 Å². The monoisotopic (exact) mass is 257 g/mol. The smallest absolute Gasteiger partial charge is 0.410 e.